The largest absolute Gasteiger partial charge is 0.353 e. The molecule has 1 aliphatic rings. The minimum Gasteiger partial charge on any atom is -0.353 e. The third-order valence-corrected chi connectivity index (χ3v) is 4.42. The first-order valence-corrected chi connectivity index (χ1v) is 7.60. The molecule has 0 aromatic carbocycles. The van der Waals surface area contributed by atoms with Crippen molar-refractivity contribution in [1.29, 1.82) is 0 Å². The number of hydrogen-bond donors (Lipinski definition) is 0. The smallest absolute Gasteiger partial charge is 0.204 e. The average molecular weight is 343 g/mol. The summed E-state index contributed by atoms with van der Waals surface area (Å²) in [6, 6.07) is 0.471. The Morgan fingerprint density at radius 1 is 1.47 bits per heavy atom. The van der Waals surface area contributed by atoms with Crippen molar-refractivity contribution < 1.29 is 0 Å². The first-order valence-electron chi connectivity index (χ1n) is 6.04. The van der Waals surface area contributed by atoms with Crippen molar-refractivity contribution in [2.45, 2.75) is 12.6 Å². The van der Waals surface area contributed by atoms with Crippen LogP contribution in [-0.4, -0.2) is 51.2 Å². The second kappa shape index (κ2) is 5.18. The molecule has 0 aliphatic carbocycles. The molecule has 0 spiro atoms. The predicted octanol–water partition coefficient (Wildman–Crippen LogP) is 1.62. The highest BCUT2D eigenvalue weighted by Crippen LogP contribution is 2.24. The Kier molecular flexibility index (Phi) is 3.55. The zero-order chi connectivity index (χ0) is 13.4. The number of halogens is 1. The summed E-state index contributed by atoms with van der Waals surface area (Å²) in [6.45, 7) is 2.83. The van der Waals surface area contributed by atoms with Crippen molar-refractivity contribution in [2.24, 2.45) is 0 Å². The maximum absolute atomic E-state index is 4.50. The molecule has 6 nitrogen and oxygen atoms in total. The summed E-state index contributed by atoms with van der Waals surface area (Å²) >= 11 is 4.87. The molecular weight excluding hydrogens is 328 g/mol. The summed E-state index contributed by atoms with van der Waals surface area (Å²) in [5, 5.41) is 5.28. The van der Waals surface area contributed by atoms with E-state index in [0.29, 0.717) is 6.04 Å². The van der Waals surface area contributed by atoms with E-state index in [9.17, 15) is 0 Å². The van der Waals surface area contributed by atoms with Crippen LogP contribution in [0.5, 0.6) is 0 Å². The molecule has 2 aromatic heterocycles. The Hall–Kier alpha value is -0.990. The zero-order valence-electron chi connectivity index (χ0n) is 10.8. The Bertz CT molecular complexity index is 559. The van der Waals surface area contributed by atoms with Gasteiger partial charge in [0.05, 0.1) is 23.3 Å². The predicted molar refractivity (Wildman–Crippen MR) is 78.5 cm³/mol. The second-order valence-corrected chi connectivity index (χ2v) is 6.52. The van der Waals surface area contributed by atoms with Crippen LogP contribution in [0.15, 0.2) is 16.9 Å². The van der Waals surface area contributed by atoms with Crippen LogP contribution in [0.2, 0.25) is 0 Å². The van der Waals surface area contributed by atoms with Crippen LogP contribution >= 0.6 is 27.5 Å². The average Bonchev–Trinajstić information content (AvgIpc) is 2.91. The molecule has 0 atom stereocenters. The van der Waals surface area contributed by atoms with Gasteiger partial charge in [-0.15, -0.1) is 0 Å². The lowest BCUT2D eigenvalue weighted by Crippen LogP contribution is -2.47. The van der Waals surface area contributed by atoms with E-state index >= 15 is 0 Å². The third-order valence-electron chi connectivity index (χ3n) is 3.09. The van der Waals surface area contributed by atoms with Crippen LogP contribution in [0.1, 0.15) is 11.9 Å². The number of aromatic nitrogens is 4. The maximum atomic E-state index is 4.50. The summed E-state index contributed by atoms with van der Waals surface area (Å²) < 4.78 is 7.42. The zero-order valence-corrected chi connectivity index (χ0v) is 13.2. The van der Waals surface area contributed by atoms with Crippen LogP contribution in [0.4, 0.5) is 5.13 Å². The number of likely N-dealkylation sites (tertiary alicyclic amines) is 1. The molecule has 19 heavy (non-hydrogen) atoms. The Morgan fingerprint density at radius 3 is 2.84 bits per heavy atom. The third kappa shape index (κ3) is 2.80. The quantitative estimate of drug-likeness (QED) is 0.844. The number of rotatable bonds is 4. The SMILES string of the molecule is CN(C)c1nc(CN2CC(n3cc(Br)cn3)C2)ns1. The lowest BCUT2D eigenvalue weighted by molar-refractivity contribution is 0.0885. The molecule has 8 heteroatoms. The van der Waals surface area contributed by atoms with Gasteiger partial charge in [-0.25, -0.2) is 4.98 Å². The highest BCUT2D eigenvalue weighted by molar-refractivity contribution is 9.10. The normalized spacial score (nSPS) is 16.6. The fourth-order valence-electron chi connectivity index (χ4n) is 2.04. The van der Waals surface area contributed by atoms with Crippen molar-refractivity contribution in [3.63, 3.8) is 0 Å². The Balaban J connectivity index is 1.53. The molecule has 102 valence electrons. The van der Waals surface area contributed by atoms with Gasteiger partial charge < -0.3 is 4.90 Å². The van der Waals surface area contributed by atoms with Gasteiger partial charge in [0.2, 0.25) is 5.13 Å². The molecular formula is C11H15BrN6S. The number of anilines is 1. The molecule has 0 bridgehead atoms. The van der Waals surface area contributed by atoms with Crippen LogP contribution in [0, 0.1) is 0 Å². The summed E-state index contributed by atoms with van der Waals surface area (Å²) in [7, 11) is 3.97. The molecule has 3 rings (SSSR count). The molecule has 0 unspecified atom stereocenters. The minimum atomic E-state index is 0.471. The molecule has 0 radical (unpaired) electrons. The van der Waals surface area contributed by atoms with Gasteiger partial charge in [0.25, 0.3) is 0 Å². The molecule has 1 fully saturated rings. The van der Waals surface area contributed by atoms with E-state index in [1.165, 1.54) is 11.5 Å². The monoisotopic (exact) mass is 342 g/mol. The van der Waals surface area contributed by atoms with Gasteiger partial charge in [0.15, 0.2) is 5.82 Å². The number of hydrogen-bond acceptors (Lipinski definition) is 6. The summed E-state index contributed by atoms with van der Waals surface area (Å²) in [4.78, 5) is 8.82. The molecule has 1 saturated heterocycles. The summed E-state index contributed by atoms with van der Waals surface area (Å²) in [5.41, 5.74) is 0. The van der Waals surface area contributed by atoms with Gasteiger partial charge in [-0.1, -0.05) is 0 Å². The first-order chi connectivity index (χ1) is 9.11. The minimum absolute atomic E-state index is 0.471. The summed E-state index contributed by atoms with van der Waals surface area (Å²) in [5.74, 6) is 0.911. The molecule has 3 heterocycles. The standard InChI is InChI=1S/C11H15BrN6S/c1-16(2)11-14-10(15-19-11)7-17-5-9(6-17)18-4-8(12)3-13-18/h3-4,9H,5-7H2,1-2H3. The van der Waals surface area contributed by atoms with Crippen molar-refractivity contribution in [3.05, 3.63) is 22.7 Å². The van der Waals surface area contributed by atoms with E-state index in [2.05, 4.69) is 35.3 Å². The first kappa shape index (κ1) is 13.0. The van der Waals surface area contributed by atoms with Crippen molar-refractivity contribution in [1.82, 2.24) is 24.0 Å². The van der Waals surface area contributed by atoms with Crippen LogP contribution < -0.4 is 4.90 Å². The van der Waals surface area contributed by atoms with E-state index in [1.807, 2.05) is 36.1 Å². The topological polar surface area (TPSA) is 50.1 Å². The van der Waals surface area contributed by atoms with E-state index in [1.54, 1.807) is 0 Å². The van der Waals surface area contributed by atoms with E-state index in [0.717, 1.165) is 35.1 Å². The van der Waals surface area contributed by atoms with E-state index in [-0.39, 0.29) is 0 Å². The van der Waals surface area contributed by atoms with Gasteiger partial charge in [0.1, 0.15) is 0 Å². The Morgan fingerprint density at radius 2 is 2.26 bits per heavy atom. The number of nitrogens with zero attached hydrogens (tertiary/aromatic N) is 6. The van der Waals surface area contributed by atoms with Gasteiger partial charge >= 0.3 is 0 Å². The molecule has 2 aromatic rings. The van der Waals surface area contributed by atoms with Crippen molar-refractivity contribution in [3.8, 4) is 0 Å². The highest BCUT2D eigenvalue weighted by atomic mass is 79.9. The summed E-state index contributed by atoms with van der Waals surface area (Å²) in [6.07, 6.45) is 3.85. The van der Waals surface area contributed by atoms with Gasteiger partial charge in [-0.3, -0.25) is 9.58 Å². The Labute approximate surface area is 124 Å². The van der Waals surface area contributed by atoms with Gasteiger partial charge in [0, 0.05) is 44.9 Å². The molecule has 0 saturated carbocycles. The molecule has 0 amide bonds. The highest BCUT2D eigenvalue weighted by Gasteiger charge is 2.29. The molecule has 1 aliphatic heterocycles. The van der Waals surface area contributed by atoms with Crippen LogP contribution in [0.3, 0.4) is 0 Å². The van der Waals surface area contributed by atoms with Gasteiger partial charge in [-0.2, -0.15) is 9.47 Å². The van der Waals surface area contributed by atoms with Crippen LogP contribution in [0.25, 0.3) is 0 Å². The van der Waals surface area contributed by atoms with Crippen LogP contribution in [-0.2, 0) is 6.54 Å². The van der Waals surface area contributed by atoms with Crippen molar-refractivity contribution in [2.75, 3.05) is 32.1 Å². The lowest BCUT2D eigenvalue weighted by Gasteiger charge is -2.38. The fraction of sp³-hybridized carbons (Fsp3) is 0.545. The van der Waals surface area contributed by atoms with Gasteiger partial charge in [-0.05, 0) is 15.9 Å². The lowest BCUT2D eigenvalue weighted by atomic mass is 10.1. The fourth-order valence-corrected chi connectivity index (χ4v) is 2.94. The maximum Gasteiger partial charge on any atom is 0.204 e. The molecule has 0 N–H and O–H groups in total. The second-order valence-electron chi connectivity index (χ2n) is 4.87. The van der Waals surface area contributed by atoms with E-state index in [4.69, 9.17) is 0 Å². The van der Waals surface area contributed by atoms with E-state index < -0.39 is 0 Å². The van der Waals surface area contributed by atoms with Crippen molar-refractivity contribution >= 4 is 32.6 Å².